The van der Waals surface area contributed by atoms with Gasteiger partial charge < -0.3 is 9.47 Å². The number of ether oxygens (including phenoxy) is 2. The highest BCUT2D eigenvalue weighted by molar-refractivity contribution is 6.44. The summed E-state index contributed by atoms with van der Waals surface area (Å²) in [7, 11) is 0. The zero-order valence-electron chi connectivity index (χ0n) is 7.55. The van der Waals surface area contributed by atoms with Crippen molar-refractivity contribution in [1.82, 2.24) is 5.32 Å². The Balaban J connectivity index is 3.86. The van der Waals surface area contributed by atoms with E-state index >= 15 is 0 Å². The van der Waals surface area contributed by atoms with Crippen LogP contribution in [0.2, 0.25) is 0 Å². The molecule has 1 atom stereocenters. The quantitative estimate of drug-likeness (QED) is 0.579. The molecule has 0 aliphatic heterocycles. The first kappa shape index (κ1) is 12.8. The van der Waals surface area contributed by atoms with Gasteiger partial charge in [-0.3, -0.25) is 5.32 Å². The smallest absolute Gasteiger partial charge is 0.409 e. The average Bonchev–Trinajstić information content (AvgIpc) is 2.04. The Morgan fingerprint density at radius 2 is 2.00 bits per heavy atom. The molecule has 0 aromatic rings. The second-order valence-corrected chi connectivity index (χ2v) is 3.24. The Bertz CT molecular complexity index is 155. The fourth-order valence-corrected chi connectivity index (χ4v) is 0.917. The van der Waals surface area contributed by atoms with Crippen LogP contribution in [0.3, 0.4) is 0 Å². The lowest BCUT2D eigenvalue weighted by Crippen LogP contribution is -2.41. The van der Waals surface area contributed by atoms with E-state index in [1.165, 1.54) is 0 Å². The van der Waals surface area contributed by atoms with Crippen molar-refractivity contribution in [3.63, 3.8) is 0 Å². The van der Waals surface area contributed by atoms with E-state index in [1.807, 2.05) is 0 Å². The minimum absolute atomic E-state index is 0.292. The number of hydrogen-bond acceptors (Lipinski definition) is 3. The van der Waals surface area contributed by atoms with Crippen molar-refractivity contribution in [2.24, 2.45) is 0 Å². The highest BCUT2D eigenvalue weighted by atomic mass is 35.5. The number of carbonyl (C=O) groups is 1. The number of rotatable bonds is 5. The van der Waals surface area contributed by atoms with Crippen LogP contribution < -0.4 is 5.32 Å². The largest absolute Gasteiger partial charge is 0.450 e. The number of hydrogen-bond donors (Lipinski definition) is 1. The zero-order chi connectivity index (χ0) is 10.3. The van der Waals surface area contributed by atoms with Crippen LogP contribution in [0.15, 0.2) is 0 Å². The highest BCUT2D eigenvalue weighted by Gasteiger charge is 2.19. The molecule has 0 aliphatic rings. The van der Waals surface area contributed by atoms with Crippen LogP contribution in [0.5, 0.6) is 0 Å². The van der Waals surface area contributed by atoms with Gasteiger partial charge in [-0.05, 0) is 13.8 Å². The van der Waals surface area contributed by atoms with Crippen molar-refractivity contribution in [2.75, 3.05) is 13.2 Å². The van der Waals surface area contributed by atoms with Crippen LogP contribution in [0.1, 0.15) is 13.8 Å². The first-order chi connectivity index (χ1) is 6.11. The molecule has 1 unspecified atom stereocenters. The van der Waals surface area contributed by atoms with Gasteiger partial charge in [-0.1, -0.05) is 0 Å². The molecule has 1 amide bonds. The first-order valence-electron chi connectivity index (χ1n) is 3.94. The Morgan fingerprint density at radius 1 is 1.38 bits per heavy atom. The molecule has 0 heterocycles. The summed E-state index contributed by atoms with van der Waals surface area (Å²) >= 11 is 11.1. The number of nitrogens with one attached hydrogen (secondary N) is 1. The van der Waals surface area contributed by atoms with Crippen LogP contribution in [-0.4, -0.2) is 30.4 Å². The lowest BCUT2D eigenvalue weighted by atomic mass is 10.6. The van der Waals surface area contributed by atoms with Crippen molar-refractivity contribution < 1.29 is 14.3 Å². The third-order valence-corrected chi connectivity index (χ3v) is 1.57. The minimum Gasteiger partial charge on any atom is -0.450 e. The molecule has 0 saturated heterocycles. The fraction of sp³-hybridized carbons (Fsp3) is 0.857. The summed E-state index contributed by atoms with van der Waals surface area (Å²) in [5.41, 5.74) is 0. The fourth-order valence-electron chi connectivity index (χ4n) is 0.646. The summed E-state index contributed by atoms with van der Waals surface area (Å²) < 4.78 is 9.67. The molecule has 0 aromatic carbocycles. The molecular formula is C7H13Cl2NO3. The number of carbonyl (C=O) groups excluding carboxylic acids is 1. The summed E-state index contributed by atoms with van der Waals surface area (Å²) in [4.78, 5) is 10.1. The van der Waals surface area contributed by atoms with Gasteiger partial charge in [0.2, 0.25) is 0 Å². The van der Waals surface area contributed by atoms with Crippen LogP contribution >= 0.6 is 23.2 Å². The third-order valence-electron chi connectivity index (χ3n) is 1.11. The van der Waals surface area contributed by atoms with E-state index in [1.54, 1.807) is 13.8 Å². The van der Waals surface area contributed by atoms with Gasteiger partial charge in [-0.25, -0.2) is 4.79 Å². The maximum Gasteiger partial charge on any atom is 0.409 e. The highest BCUT2D eigenvalue weighted by Crippen LogP contribution is 2.09. The molecule has 0 rings (SSSR count). The van der Waals surface area contributed by atoms with E-state index in [9.17, 15) is 4.79 Å². The maximum atomic E-state index is 10.9. The van der Waals surface area contributed by atoms with Gasteiger partial charge >= 0.3 is 6.09 Å². The van der Waals surface area contributed by atoms with Gasteiger partial charge in [-0.15, -0.1) is 23.2 Å². The second kappa shape index (κ2) is 7.24. The number of alkyl carbamates (subject to hydrolysis) is 1. The number of alkyl halides is 2. The minimum atomic E-state index is -0.815. The number of amides is 1. The normalized spacial score (nSPS) is 12.7. The lowest BCUT2D eigenvalue weighted by molar-refractivity contribution is 0.0425. The van der Waals surface area contributed by atoms with Gasteiger partial charge in [0.05, 0.1) is 6.61 Å². The van der Waals surface area contributed by atoms with Gasteiger partial charge in [-0.2, -0.15) is 0 Å². The Hall–Kier alpha value is -0.190. The molecule has 13 heavy (non-hydrogen) atoms. The van der Waals surface area contributed by atoms with Gasteiger partial charge in [0, 0.05) is 6.61 Å². The summed E-state index contributed by atoms with van der Waals surface area (Å²) in [6.07, 6.45) is -1.32. The summed E-state index contributed by atoms with van der Waals surface area (Å²) in [6, 6.07) is 0. The molecule has 0 fully saturated rings. The molecule has 0 saturated carbocycles. The predicted molar refractivity (Wildman–Crippen MR) is 51.1 cm³/mol. The van der Waals surface area contributed by atoms with Gasteiger partial charge in [0.25, 0.3) is 0 Å². The molecule has 4 nitrogen and oxygen atoms in total. The summed E-state index contributed by atoms with van der Waals surface area (Å²) in [5, 5.41) is 2.37. The average molecular weight is 230 g/mol. The van der Waals surface area contributed by atoms with Gasteiger partial charge in [0.15, 0.2) is 11.1 Å². The van der Waals surface area contributed by atoms with E-state index in [-0.39, 0.29) is 0 Å². The van der Waals surface area contributed by atoms with Crippen molar-refractivity contribution in [3.8, 4) is 0 Å². The van der Waals surface area contributed by atoms with E-state index in [0.29, 0.717) is 13.2 Å². The van der Waals surface area contributed by atoms with Crippen LogP contribution in [0, 0.1) is 0 Å². The molecule has 6 heteroatoms. The third kappa shape index (κ3) is 5.96. The summed E-state index contributed by atoms with van der Waals surface area (Å²) in [5.74, 6) is 0. The van der Waals surface area contributed by atoms with Crippen molar-refractivity contribution >= 4 is 29.3 Å². The second-order valence-electron chi connectivity index (χ2n) is 2.08. The maximum absolute atomic E-state index is 10.9. The Morgan fingerprint density at radius 3 is 2.38 bits per heavy atom. The molecule has 0 radical (unpaired) electrons. The zero-order valence-corrected chi connectivity index (χ0v) is 9.06. The Labute approximate surface area is 87.5 Å². The van der Waals surface area contributed by atoms with Crippen molar-refractivity contribution in [1.29, 1.82) is 0 Å². The number of halogens is 2. The van der Waals surface area contributed by atoms with Crippen molar-refractivity contribution in [2.45, 2.75) is 24.9 Å². The monoisotopic (exact) mass is 229 g/mol. The standard InChI is InChI=1S/C7H13Cl2NO3/c1-3-12-6(5(8)9)10-7(11)13-4-2/h5-6H,3-4H2,1-2H3,(H,10,11). The molecule has 0 bridgehead atoms. The molecular weight excluding hydrogens is 217 g/mol. The van der Waals surface area contributed by atoms with Gasteiger partial charge in [0.1, 0.15) is 0 Å². The van der Waals surface area contributed by atoms with E-state index in [0.717, 1.165) is 0 Å². The molecule has 0 spiro atoms. The van der Waals surface area contributed by atoms with Crippen LogP contribution in [-0.2, 0) is 9.47 Å². The molecule has 1 N–H and O–H groups in total. The molecule has 0 aliphatic carbocycles. The van der Waals surface area contributed by atoms with E-state index in [4.69, 9.17) is 27.9 Å². The predicted octanol–water partition coefficient (Wildman–Crippen LogP) is 1.90. The Kier molecular flexibility index (Phi) is 7.13. The van der Waals surface area contributed by atoms with E-state index < -0.39 is 17.2 Å². The first-order valence-corrected chi connectivity index (χ1v) is 4.82. The van der Waals surface area contributed by atoms with Crippen LogP contribution in [0.4, 0.5) is 4.79 Å². The van der Waals surface area contributed by atoms with Crippen molar-refractivity contribution in [3.05, 3.63) is 0 Å². The lowest BCUT2D eigenvalue weighted by Gasteiger charge is -2.18. The SMILES string of the molecule is CCOC(=O)NC(OCC)C(Cl)Cl. The summed E-state index contributed by atoms with van der Waals surface area (Å²) in [6.45, 7) is 4.18. The topological polar surface area (TPSA) is 47.6 Å². The van der Waals surface area contributed by atoms with E-state index in [2.05, 4.69) is 10.1 Å². The molecule has 78 valence electrons. The van der Waals surface area contributed by atoms with Crippen LogP contribution in [0.25, 0.3) is 0 Å². The molecule has 0 aromatic heterocycles.